The van der Waals surface area contributed by atoms with Crippen LogP contribution in [0.5, 0.6) is 23.0 Å². The third kappa shape index (κ3) is 3.51. The maximum atomic E-state index is 12.3. The molecule has 0 N–H and O–H groups in total. The van der Waals surface area contributed by atoms with Gasteiger partial charge in [0.25, 0.3) is 0 Å². The lowest BCUT2D eigenvalue weighted by Crippen LogP contribution is -2.16. The van der Waals surface area contributed by atoms with Crippen molar-refractivity contribution in [2.75, 3.05) is 26.4 Å². The second kappa shape index (κ2) is 7.33. The van der Waals surface area contributed by atoms with Crippen molar-refractivity contribution in [3.63, 3.8) is 0 Å². The molecule has 0 fully saturated rings. The first-order chi connectivity index (χ1) is 12.7. The fourth-order valence-electron chi connectivity index (χ4n) is 2.77. The van der Waals surface area contributed by atoms with E-state index in [9.17, 15) is 4.79 Å². The molecule has 4 rings (SSSR count). The normalized spacial score (nSPS) is 15.1. The van der Waals surface area contributed by atoms with E-state index in [4.69, 9.17) is 35.3 Å². The Kier molecular flexibility index (Phi) is 4.75. The lowest BCUT2D eigenvalue weighted by Gasteiger charge is -2.18. The van der Waals surface area contributed by atoms with E-state index in [0.29, 0.717) is 60.0 Å². The molecule has 0 atom stereocenters. The van der Waals surface area contributed by atoms with Crippen LogP contribution in [0.3, 0.4) is 0 Å². The highest BCUT2D eigenvalue weighted by atomic mass is 35.5. The summed E-state index contributed by atoms with van der Waals surface area (Å²) in [5.74, 6) is 1.82. The maximum absolute atomic E-state index is 12.3. The van der Waals surface area contributed by atoms with Crippen molar-refractivity contribution < 1.29 is 28.5 Å². The molecule has 2 aromatic carbocycles. The van der Waals surface area contributed by atoms with Crippen LogP contribution in [0, 0.1) is 0 Å². The number of esters is 1. The molecule has 0 amide bonds. The van der Waals surface area contributed by atoms with Gasteiger partial charge >= 0.3 is 5.97 Å². The Balaban J connectivity index is 1.46. The first-order valence-electron chi connectivity index (χ1n) is 8.35. The summed E-state index contributed by atoms with van der Waals surface area (Å²) in [7, 11) is 0. The molecule has 26 heavy (non-hydrogen) atoms. The molecule has 0 aromatic heterocycles. The average Bonchev–Trinajstić information content (AvgIpc) is 2.91. The van der Waals surface area contributed by atoms with Gasteiger partial charge in [-0.2, -0.15) is 0 Å². The summed E-state index contributed by atoms with van der Waals surface area (Å²) in [6.45, 7) is 2.15. The molecule has 0 saturated heterocycles. The SMILES string of the molecule is O=C(OCc1cc(Cl)c2c(c1)OCCCO2)c1ccc2c(c1)OCCO2. The lowest BCUT2D eigenvalue weighted by molar-refractivity contribution is 0.0471. The topological polar surface area (TPSA) is 63.2 Å². The van der Waals surface area contributed by atoms with E-state index in [2.05, 4.69) is 0 Å². The monoisotopic (exact) mass is 376 g/mol. The summed E-state index contributed by atoms with van der Waals surface area (Å²) in [6.07, 6.45) is 0.791. The number of halogens is 1. The van der Waals surface area contributed by atoms with E-state index in [1.165, 1.54) is 0 Å². The number of carbonyl (C=O) groups excluding carboxylic acids is 1. The fraction of sp³-hybridized carbons (Fsp3) is 0.316. The number of rotatable bonds is 3. The van der Waals surface area contributed by atoms with Gasteiger partial charge in [-0.05, 0) is 35.9 Å². The zero-order valence-electron chi connectivity index (χ0n) is 14.0. The van der Waals surface area contributed by atoms with Gasteiger partial charge < -0.3 is 23.7 Å². The van der Waals surface area contributed by atoms with Gasteiger partial charge in [-0.3, -0.25) is 0 Å². The first kappa shape index (κ1) is 16.8. The van der Waals surface area contributed by atoms with Gasteiger partial charge in [0.05, 0.1) is 23.8 Å². The van der Waals surface area contributed by atoms with Crippen molar-refractivity contribution in [3.8, 4) is 23.0 Å². The highest BCUT2D eigenvalue weighted by molar-refractivity contribution is 6.32. The quantitative estimate of drug-likeness (QED) is 0.762. The van der Waals surface area contributed by atoms with Crippen molar-refractivity contribution in [1.29, 1.82) is 0 Å². The van der Waals surface area contributed by atoms with Crippen molar-refractivity contribution >= 4 is 17.6 Å². The van der Waals surface area contributed by atoms with Crippen LogP contribution in [0.4, 0.5) is 0 Å². The molecule has 2 aliphatic heterocycles. The third-order valence-electron chi connectivity index (χ3n) is 4.01. The zero-order valence-corrected chi connectivity index (χ0v) is 14.7. The Bertz CT molecular complexity index is 835. The largest absolute Gasteiger partial charge is 0.489 e. The minimum Gasteiger partial charge on any atom is -0.489 e. The van der Waals surface area contributed by atoms with E-state index in [0.717, 1.165) is 12.0 Å². The molecule has 6 nitrogen and oxygen atoms in total. The summed E-state index contributed by atoms with van der Waals surface area (Å²) in [5.41, 5.74) is 1.12. The van der Waals surface area contributed by atoms with Crippen molar-refractivity contribution in [1.82, 2.24) is 0 Å². The minimum absolute atomic E-state index is 0.0731. The van der Waals surface area contributed by atoms with Crippen LogP contribution in [0.15, 0.2) is 30.3 Å². The van der Waals surface area contributed by atoms with Crippen LogP contribution in [0.25, 0.3) is 0 Å². The molecule has 0 radical (unpaired) electrons. The van der Waals surface area contributed by atoms with Gasteiger partial charge in [0.15, 0.2) is 23.0 Å². The Morgan fingerprint density at radius 3 is 2.58 bits per heavy atom. The van der Waals surface area contributed by atoms with E-state index >= 15 is 0 Å². The van der Waals surface area contributed by atoms with Crippen LogP contribution >= 0.6 is 11.6 Å². The lowest BCUT2D eigenvalue weighted by atomic mass is 10.2. The van der Waals surface area contributed by atoms with Crippen molar-refractivity contribution in [2.45, 2.75) is 13.0 Å². The summed E-state index contributed by atoms with van der Waals surface area (Å²) >= 11 is 6.26. The molecule has 0 saturated carbocycles. The molecule has 2 aromatic rings. The van der Waals surface area contributed by atoms with E-state index in [1.807, 2.05) is 0 Å². The van der Waals surface area contributed by atoms with E-state index in [1.54, 1.807) is 30.3 Å². The number of hydrogen-bond donors (Lipinski definition) is 0. The van der Waals surface area contributed by atoms with Gasteiger partial charge in [-0.25, -0.2) is 4.79 Å². The van der Waals surface area contributed by atoms with Crippen LogP contribution in [0.2, 0.25) is 5.02 Å². The van der Waals surface area contributed by atoms with Crippen LogP contribution in [0.1, 0.15) is 22.3 Å². The summed E-state index contributed by atoms with van der Waals surface area (Å²) in [6, 6.07) is 8.47. The van der Waals surface area contributed by atoms with Gasteiger partial charge in [-0.15, -0.1) is 0 Å². The third-order valence-corrected chi connectivity index (χ3v) is 4.29. The molecule has 0 unspecified atom stereocenters. The number of hydrogen-bond acceptors (Lipinski definition) is 6. The van der Waals surface area contributed by atoms with E-state index < -0.39 is 5.97 Å². The van der Waals surface area contributed by atoms with Gasteiger partial charge in [0.1, 0.15) is 19.8 Å². The molecule has 7 heteroatoms. The number of ether oxygens (including phenoxy) is 5. The van der Waals surface area contributed by atoms with E-state index in [-0.39, 0.29) is 6.61 Å². The molecule has 0 aliphatic carbocycles. The smallest absolute Gasteiger partial charge is 0.338 e. The second-order valence-electron chi connectivity index (χ2n) is 5.89. The Labute approximate surface area is 155 Å². The van der Waals surface area contributed by atoms with Gasteiger partial charge in [0, 0.05) is 6.42 Å². The second-order valence-corrected chi connectivity index (χ2v) is 6.30. The first-order valence-corrected chi connectivity index (χ1v) is 8.73. The summed E-state index contributed by atoms with van der Waals surface area (Å²) in [5, 5.41) is 0.440. The molecule has 2 aliphatic rings. The molecule has 0 spiro atoms. The fourth-order valence-corrected chi connectivity index (χ4v) is 3.06. The Hall–Kier alpha value is -2.60. The molecular weight excluding hydrogens is 360 g/mol. The van der Waals surface area contributed by atoms with Crippen molar-refractivity contribution in [3.05, 3.63) is 46.5 Å². The maximum Gasteiger partial charge on any atom is 0.338 e. The van der Waals surface area contributed by atoms with Crippen LogP contribution in [-0.4, -0.2) is 32.4 Å². The van der Waals surface area contributed by atoms with Gasteiger partial charge in [0.2, 0.25) is 0 Å². The number of fused-ring (bicyclic) bond motifs is 2. The predicted octanol–water partition coefficient (Wildman–Crippen LogP) is 3.63. The molecule has 0 bridgehead atoms. The summed E-state index contributed by atoms with van der Waals surface area (Å²) < 4.78 is 27.6. The van der Waals surface area contributed by atoms with Gasteiger partial charge in [-0.1, -0.05) is 11.6 Å². The highest BCUT2D eigenvalue weighted by Crippen LogP contribution is 2.38. The predicted molar refractivity (Wildman–Crippen MR) is 93.6 cm³/mol. The standard InChI is InChI=1S/C19H17ClO6/c20-14-8-12(9-17-18(14)25-5-1-4-22-17)11-26-19(21)13-2-3-15-16(10-13)24-7-6-23-15/h2-3,8-10H,1,4-7,11H2. The number of benzene rings is 2. The number of carbonyl (C=O) groups is 1. The molecular formula is C19H17ClO6. The van der Waals surface area contributed by atoms with Crippen LogP contribution < -0.4 is 18.9 Å². The Morgan fingerprint density at radius 1 is 0.923 bits per heavy atom. The minimum atomic E-state index is -0.454. The average molecular weight is 377 g/mol. The highest BCUT2D eigenvalue weighted by Gasteiger charge is 2.18. The van der Waals surface area contributed by atoms with Crippen LogP contribution in [-0.2, 0) is 11.3 Å². The van der Waals surface area contributed by atoms with Crippen molar-refractivity contribution in [2.24, 2.45) is 0 Å². The Morgan fingerprint density at radius 2 is 1.69 bits per heavy atom. The summed E-state index contributed by atoms with van der Waals surface area (Å²) in [4.78, 5) is 12.3. The molecule has 2 heterocycles. The molecule has 136 valence electrons. The zero-order chi connectivity index (χ0) is 17.9.